The Bertz CT molecular complexity index is 794. The van der Waals surface area contributed by atoms with Gasteiger partial charge in [-0.3, -0.25) is 0 Å². The fourth-order valence-corrected chi connectivity index (χ4v) is 3.51. The molecule has 2 aromatic carbocycles. The van der Waals surface area contributed by atoms with Crippen molar-refractivity contribution < 1.29 is 0 Å². The van der Waals surface area contributed by atoms with Crippen LogP contribution in [-0.4, -0.2) is 0 Å². The van der Waals surface area contributed by atoms with Gasteiger partial charge in [0.15, 0.2) is 0 Å². The third-order valence-corrected chi connectivity index (χ3v) is 4.62. The van der Waals surface area contributed by atoms with Gasteiger partial charge in [-0.1, -0.05) is 49.6 Å². The highest BCUT2D eigenvalue weighted by Gasteiger charge is 2.13. The van der Waals surface area contributed by atoms with Crippen molar-refractivity contribution in [3.05, 3.63) is 77.7 Å². The molecule has 0 saturated heterocycles. The number of hydrogen-bond donors (Lipinski definition) is 1. The molecule has 0 unspecified atom stereocenters. The van der Waals surface area contributed by atoms with Crippen LogP contribution >= 0.6 is 11.3 Å². The molecule has 98 valence electrons. The summed E-state index contributed by atoms with van der Waals surface area (Å²) in [5, 5.41) is 1.24. The molecule has 0 aliphatic rings. The van der Waals surface area contributed by atoms with E-state index in [1.54, 1.807) is 11.3 Å². The van der Waals surface area contributed by atoms with Crippen LogP contribution in [0, 0.1) is 0 Å². The molecule has 3 aromatic rings. The minimum atomic E-state index is 0.766. The number of benzene rings is 2. The largest absolute Gasteiger partial charge is 0.399 e. The Morgan fingerprint density at radius 2 is 1.75 bits per heavy atom. The van der Waals surface area contributed by atoms with E-state index >= 15 is 0 Å². The van der Waals surface area contributed by atoms with Crippen LogP contribution in [0.5, 0.6) is 0 Å². The topological polar surface area (TPSA) is 26.0 Å². The maximum Gasteiger partial charge on any atom is 0.0427 e. The number of nitrogens with two attached hydrogens (primary N) is 1. The van der Waals surface area contributed by atoms with Crippen LogP contribution in [0.4, 0.5) is 5.69 Å². The first-order valence-electron chi connectivity index (χ1n) is 6.40. The number of fused-ring (bicyclic) bond motifs is 1. The van der Waals surface area contributed by atoms with Crippen LogP contribution in [-0.2, 0) is 0 Å². The first-order valence-corrected chi connectivity index (χ1v) is 7.21. The third-order valence-electron chi connectivity index (χ3n) is 3.37. The van der Waals surface area contributed by atoms with E-state index in [9.17, 15) is 0 Å². The fraction of sp³-hybridized carbons (Fsp3) is 0. The maximum atomic E-state index is 5.74. The Morgan fingerprint density at radius 3 is 2.45 bits per heavy atom. The predicted molar refractivity (Wildman–Crippen MR) is 90.9 cm³/mol. The molecule has 1 nitrogen and oxygen atoms in total. The minimum absolute atomic E-state index is 0.766. The van der Waals surface area contributed by atoms with E-state index in [1.165, 1.54) is 15.0 Å². The molecule has 2 N–H and O–H groups in total. The summed E-state index contributed by atoms with van der Waals surface area (Å²) >= 11 is 1.75. The second-order valence-corrected chi connectivity index (χ2v) is 5.70. The van der Waals surface area contributed by atoms with Gasteiger partial charge < -0.3 is 5.73 Å². The Hall–Kier alpha value is -2.32. The van der Waals surface area contributed by atoms with Crippen LogP contribution in [0.15, 0.2) is 61.7 Å². The minimum Gasteiger partial charge on any atom is -0.399 e. The standard InChI is InChI=1S/C18H15NS/c1-3-15-16-6-4-5-7-17(16)20-18(15)12(2)13-8-10-14(19)11-9-13/h3-11H,1-2,19H2. The van der Waals surface area contributed by atoms with Gasteiger partial charge in [0.2, 0.25) is 0 Å². The molecule has 0 bridgehead atoms. The van der Waals surface area contributed by atoms with Gasteiger partial charge in [-0.25, -0.2) is 0 Å². The molecule has 0 aliphatic heterocycles. The van der Waals surface area contributed by atoms with Crippen LogP contribution in [0.25, 0.3) is 21.7 Å². The normalized spacial score (nSPS) is 10.6. The van der Waals surface area contributed by atoms with Crippen molar-refractivity contribution in [3.8, 4) is 0 Å². The van der Waals surface area contributed by atoms with Gasteiger partial charge in [0, 0.05) is 26.2 Å². The predicted octanol–water partition coefficient (Wildman–Crippen LogP) is 5.19. The van der Waals surface area contributed by atoms with Crippen molar-refractivity contribution in [1.82, 2.24) is 0 Å². The van der Waals surface area contributed by atoms with Crippen LogP contribution in [0.1, 0.15) is 16.0 Å². The molecular formula is C18H15NS. The van der Waals surface area contributed by atoms with E-state index in [2.05, 4.69) is 37.4 Å². The van der Waals surface area contributed by atoms with Gasteiger partial charge in [-0.05, 0) is 29.3 Å². The highest BCUT2D eigenvalue weighted by Crippen LogP contribution is 2.38. The molecule has 1 heterocycles. The number of anilines is 1. The number of hydrogen-bond acceptors (Lipinski definition) is 2. The van der Waals surface area contributed by atoms with E-state index in [0.29, 0.717) is 0 Å². The summed E-state index contributed by atoms with van der Waals surface area (Å²) in [6, 6.07) is 16.2. The van der Waals surface area contributed by atoms with Crippen molar-refractivity contribution in [3.63, 3.8) is 0 Å². The van der Waals surface area contributed by atoms with Gasteiger partial charge in [0.05, 0.1) is 0 Å². The van der Waals surface area contributed by atoms with Gasteiger partial charge in [-0.15, -0.1) is 11.3 Å². The van der Waals surface area contributed by atoms with E-state index < -0.39 is 0 Å². The van der Waals surface area contributed by atoms with Crippen LogP contribution in [0.3, 0.4) is 0 Å². The number of nitrogen functional groups attached to an aromatic ring is 1. The Morgan fingerprint density at radius 1 is 1.05 bits per heavy atom. The SMILES string of the molecule is C=Cc1c(C(=C)c2ccc(N)cc2)sc2ccccc12. The Labute approximate surface area is 122 Å². The molecule has 0 saturated carbocycles. The molecule has 0 atom stereocenters. The molecule has 2 heteroatoms. The second kappa shape index (κ2) is 4.99. The van der Waals surface area contributed by atoms with E-state index in [0.717, 1.165) is 22.4 Å². The zero-order valence-electron chi connectivity index (χ0n) is 11.1. The van der Waals surface area contributed by atoms with E-state index in [1.807, 2.05) is 30.3 Å². The molecule has 0 amide bonds. The van der Waals surface area contributed by atoms with Crippen molar-refractivity contribution in [1.29, 1.82) is 0 Å². The monoisotopic (exact) mass is 277 g/mol. The average molecular weight is 277 g/mol. The molecule has 0 aliphatic carbocycles. The van der Waals surface area contributed by atoms with Crippen LogP contribution < -0.4 is 5.73 Å². The van der Waals surface area contributed by atoms with Gasteiger partial charge in [0.25, 0.3) is 0 Å². The highest BCUT2D eigenvalue weighted by molar-refractivity contribution is 7.20. The van der Waals surface area contributed by atoms with Crippen LogP contribution in [0.2, 0.25) is 0 Å². The van der Waals surface area contributed by atoms with E-state index in [-0.39, 0.29) is 0 Å². The lowest BCUT2D eigenvalue weighted by molar-refractivity contribution is 1.60. The zero-order chi connectivity index (χ0) is 14.1. The summed E-state index contributed by atoms with van der Waals surface area (Å²) in [6.45, 7) is 8.20. The third kappa shape index (κ3) is 2.04. The molecule has 20 heavy (non-hydrogen) atoms. The molecule has 0 spiro atoms. The average Bonchev–Trinajstić information content (AvgIpc) is 2.85. The quantitative estimate of drug-likeness (QED) is 0.655. The Kier molecular flexibility index (Phi) is 3.17. The molecule has 1 aromatic heterocycles. The Balaban J connectivity index is 2.16. The molecule has 0 fully saturated rings. The second-order valence-electron chi connectivity index (χ2n) is 4.65. The molecule has 0 radical (unpaired) electrons. The van der Waals surface area contributed by atoms with Crippen molar-refractivity contribution >= 4 is 38.8 Å². The highest BCUT2D eigenvalue weighted by atomic mass is 32.1. The summed E-state index contributed by atoms with van der Waals surface area (Å²) < 4.78 is 1.26. The van der Waals surface area contributed by atoms with Gasteiger partial charge in [0.1, 0.15) is 0 Å². The van der Waals surface area contributed by atoms with Gasteiger partial charge >= 0.3 is 0 Å². The van der Waals surface area contributed by atoms with Crippen molar-refractivity contribution in [2.75, 3.05) is 5.73 Å². The first-order chi connectivity index (χ1) is 9.70. The van der Waals surface area contributed by atoms with Gasteiger partial charge in [-0.2, -0.15) is 0 Å². The number of rotatable bonds is 3. The number of thiophene rings is 1. The zero-order valence-corrected chi connectivity index (χ0v) is 11.9. The van der Waals surface area contributed by atoms with E-state index in [4.69, 9.17) is 5.73 Å². The van der Waals surface area contributed by atoms with Crippen molar-refractivity contribution in [2.24, 2.45) is 0 Å². The van der Waals surface area contributed by atoms with Crippen molar-refractivity contribution in [2.45, 2.75) is 0 Å². The fourth-order valence-electron chi connectivity index (χ4n) is 2.31. The smallest absolute Gasteiger partial charge is 0.0427 e. The molecular weight excluding hydrogens is 262 g/mol. The molecule has 3 rings (SSSR count). The summed E-state index contributed by atoms with van der Waals surface area (Å²) in [5.74, 6) is 0. The maximum absolute atomic E-state index is 5.74. The lowest BCUT2D eigenvalue weighted by atomic mass is 10.0. The summed E-state index contributed by atoms with van der Waals surface area (Å²) in [7, 11) is 0. The lowest BCUT2D eigenvalue weighted by Crippen LogP contribution is -1.88. The summed E-state index contributed by atoms with van der Waals surface area (Å²) in [5.41, 5.74) is 9.77. The summed E-state index contributed by atoms with van der Waals surface area (Å²) in [4.78, 5) is 1.17. The first kappa shape index (κ1) is 12.7. The lowest BCUT2D eigenvalue weighted by Gasteiger charge is -2.06. The summed E-state index contributed by atoms with van der Waals surface area (Å²) in [6.07, 6.45) is 1.91.